The molecule has 19 heavy (non-hydrogen) atoms. The van der Waals surface area contributed by atoms with E-state index in [0.717, 1.165) is 37.1 Å². The maximum absolute atomic E-state index is 12.0. The molecule has 0 radical (unpaired) electrons. The van der Waals surface area contributed by atoms with Gasteiger partial charge in [0.1, 0.15) is 0 Å². The molecule has 1 aromatic carbocycles. The minimum Gasteiger partial charge on any atom is -0.396 e. The Bertz CT molecular complexity index is 431. The first kappa shape index (κ1) is 14.1. The molecule has 3 heteroatoms. The third-order valence-corrected chi connectivity index (χ3v) is 3.91. The van der Waals surface area contributed by atoms with Gasteiger partial charge in [-0.15, -0.1) is 0 Å². The van der Waals surface area contributed by atoms with E-state index >= 15 is 0 Å². The monoisotopic (exact) mass is 261 g/mol. The molecule has 1 N–H and O–H groups in total. The second kappa shape index (κ2) is 6.71. The highest BCUT2D eigenvalue weighted by Gasteiger charge is 2.26. The summed E-state index contributed by atoms with van der Waals surface area (Å²) >= 11 is 0. The van der Waals surface area contributed by atoms with Crippen LogP contribution in [-0.2, 0) is 0 Å². The number of carbonyl (C=O) groups is 1. The third-order valence-electron chi connectivity index (χ3n) is 3.91. The summed E-state index contributed by atoms with van der Waals surface area (Å²) in [5.41, 5.74) is 1.93. The standard InChI is InChI=1S/C16H23NO2/c1-2-16(19)14-9-3-4-10-15(14)17-11-5-7-13(17)8-6-12-18/h3-4,9-10,13,18H,2,5-8,11-12H2,1H3. The summed E-state index contributed by atoms with van der Waals surface area (Å²) in [7, 11) is 0. The first-order chi connectivity index (χ1) is 9.27. The van der Waals surface area contributed by atoms with Crippen molar-refractivity contribution in [3.05, 3.63) is 29.8 Å². The Kier molecular flexibility index (Phi) is 4.97. The van der Waals surface area contributed by atoms with Gasteiger partial charge in [-0.25, -0.2) is 0 Å². The molecular formula is C16H23NO2. The van der Waals surface area contributed by atoms with Crippen molar-refractivity contribution in [2.45, 2.75) is 45.1 Å². The van der Waals surface area contributed by atoms with Crippen molar-refractivity contribution in [1.82, 2.24) is 0 Å². The van der Waals surface area contributed by atoms with Crippen molar-refractivity contribution >= 4 is 11.5 Å². The summed E-state index contributed by atoms with van der Waals surface area (Å²) in [4.78, 5) is 14.4. The van der Waals surface area contributed by atoms with Crippen LogP contribution in [0.5, 0.6) is 0 Å². The number of anilines is 1. The van der Waals surface area contributed by atoms with Crippen LogP contribution in [-0.4, -0.2) is 30.1 Å². The molecule has 1 fully saturated rings. The van der Waals surface area contributed by atoms with Crippen LogP contribution in [0.25, 0.3) is 0 Å². The van der Waals surface area contributed by atoms with Gasteiger partial charge in [0.2, 0.25) is 0 Å². The SMILES string of the molecule is CCC(=O)c1ccccc1N1CCCC1CCCO. The summed E-state index contributed by atoms with van der Waals surface area (Å²) in [6, 6.07) is 8.40. The fraction of sp³-hybridized carbons (Fsp3) is 0.562. The lowest BCUT2D eigenvalue weighted by molar-refractivity contribution is 0.0988. The summed E-state index contributed by atoms with van der Waals surface area (Å²) in [5, 5.41) is 8.99. The van der Waals surface area contributed by atoms with Gasteiger partial charge in [-0.2, -0.15) is 0 Å². The van der Waals surface area contributed by atoms with Crippen molar-refractivity contribution in [2.24, 2.45) is 0 Å². The van der Waals surface area contributed by atoms with Crippen molar-refractivity contribution in [2.75, 3.05) is 18.1 Å². The highest BCUT2D eigenvalue weighted by molar-refractivity contribution is 6.01. The largest absolute Gasteiger partial charge is 0.396 e. The molecule has 3 nitrogen and oxygen atoms in total. The number of aliphatic hydroxyl groups excluding tert-OH is 1. The topological polar surface area (TPSA) is 40.5 Å². The number of ketones is 1. The Morgan fingerprint density at radius 3 is 2.95 bits per heavy atom. The fourth-order valence-electron chi connectivity index (χ4n) is 2.93. The quantitative estimate of drug-likeness (QED) is 0.800. The number of Topliss-reactive ketones (excluding diaryl/α,β-unsaturated/α-hetero) is 1. The van der Waals surface area contributed by atoms with Crippen molar-refractivity contribution < 1.29 is 9.90 Å². The molecule has 1 saturated heterocycles. The van der Waals surface area contributed by atoms with Gasteiger partial charge in [0, 0.05) is 36.9 Å². The lowest BCUT2D eigenvalue weighted by Crippen LogP contribution is -2.30. The van der Waals surface area contributed by atoms with Crippen LogP contribution in [0.2, 0.25) is 0 Å². The molecule has 0 spiro atoms. The van der Waals surface area contributed by atoms with Gasteiger partial charge in [-0.1, -0.05) is 19.1 Å². The molecule has 0 amide bonds. The molecule has 0 bridgehead atoms. The molecule has 1 aromatic rings. The molecule has 0 aliphatic carbocycles. The Balaban J connectivity index is 2.22. The van der Waals surface area contributed by atoms with Crippen LogP contribution in [0.1, 0.15) is 49.4 Å². The van der Waals surface area contributed by atoms with Gasteiger partial charge >= 0.3 is 0 Å². The fourth-order valence-corrected chi connectivity index (χ4v) is 2.93. The highest BCUT2D eigenvalue weighted by atomic mass is 16.2. The normalized spacial score (nSPS) is 18.8. The number of para-hydroxylation sites is 1. The van der Waals surface area contributed by atoms with E-state index in [9.17, 15) is 4.79 Å². The molecule has 0 saturated carbocycles. The van der Waals surface area contributed by atoms with E-state index in [0.29, 0.717) is 12.5 Å². The number of hydrogen-bond donors (Lipinski definition) is 1. The van der Waals surface area contributed by atoms with E-state index in [-0.39, 0.29) is 12.4 Å². The van der Waals surface area contributed by atoms with E-state index < -0.39 is 0 Å². The van der Waals surface area contributed by atoms with Crippen LogP contribution in [0, 0.1) is 0 Å². The average molecular weight is 261 g/mol. The van der Waals surface area contributed by atoms with Crippen molar-refractivity contribution in [1.29, 1.82) is 0 Å². The number of carbonyl (C=O) groups excluding carboxylic acids is 1. The van der Waals surface area contributed by atoms with Crippen LogP contribution >= 0.6 is 0 Å². The number of hydrogen-bond acceptors (Lipinski definition) is 3. The predicted molar refractivity (Wildman–Crippen MR) is 77.8 cm³/mol. The molecule has 1 unspecified atom stereocenters. The molecule has 104 valence electrons. The number of nitrogens with zero attached hydrogens (tertiary/aromatic N) is 1. The molecule has 0 aromatic heterocycles. The van der Waals surface area contributed by atoms with Gasteiger partial charge in [-0.3, -0.25) is 4.79 Å². The van der Waals surface area contributed by atoms with E-state index in [1.54, 1.807) is 0 Å². The van der Waals surface area contributed by atoms with E-state index in [1.807, 2.05) is 25.1 Å². The van der Waals surface area contributed by atoms with Crippen LogP contribution in [0.3, 0.4) is 0 Å². The molecule has 1 aliphatic heterocycles. The highest BCUT2D eigenvalue weighted by Crippen LogP contribution is 2.31. The Hall–Kier alpha value is -1.35. The third kappa shape index (κ3) is 3.16. The zero-order valence-electron chi connectivity index (χ0n) is 11.6. The molecular weight excluding hydrogens is 238 g/mol. The van der Waals surface area contributed by atoms with E-state index in [4.69, 9.17) is 5.11 Å². The summed E-state index contributed by atoms with van der Waals surface area (Å²) in [5.74, 6) is 0.211. The Morgan fingerprint density at radius 2 is 2.21 bits per heavy atom. The Labute approximate surface area is 115 Å². The zero-order chi connectivity index (χ0) is 13.7. The average Bonchev–Trinajstić information content (AvgIpc) is 2.92. The molecule has 1 heterocycles. The predicted octanol–water partition coefficient (Wildman–Crippen LogP) is 3.02. The molecule has 2 rings (SSSR count). The molecule has 1 atom stereocenters. The Morgan fingerprint density at radius 1 is 1.42 bits per heavy atom. The minimum atomic E-state index is 0.211. The second-order valence-electron chi connectivity index (χ2n) is 5.15. The minimum absolute atomic E-state index is 0.211. The lowest BCUT2D eigenvalue weighted by atomic mass is 10.0. The van der Waals surface area contributed by atoms with Crippen molar-refractivity contribution in [3.63, 3.8) is 0 Å². The zero-order valence-corrected chi connectivity index (χ0v) is 11.6. The number of rotatable bonds is 6. The van der Waals surface area contributed by atoms with Gasteiger partial charge < -0.3 is 10.0 Å². The maximum Gasteiger partial charge on any atom is 0.164 e. The van der Waals surface area contributed by atoms with Gasteiger partial charge in [-0.05, 0) is 37.8 Å². The number of aliphatic hydroxyl groups is 1. The van der Waals surface area contributed by atoms with Crippen LogP contribution < -0.4 is 4.90 Å². The smallest absolute Gasteiger partial charge is 0.164 e. The van der Waals surface area contributed by atoms with E-state index in [2.05, 4.69) is 11.0 Å². The first-order valence-corrected chi connectivity index (χ1v) is 7.27. The summed E-state index contributed by atoms with van der Waals surface area (Å²) in [6.07, 6.45) is 4.72. The lowest BCUT2D eigenvalue weighted by Gasteiger charge is -2.28. The molecule has 1 aliphatic rings. The number of benzene rings is 1. The van der Waals surface area contributed by atoms with E-state index in [1.165, 1.54) is 6.42 Å². The van der Waals surface area contributed by atoms with Crippen molar-refractivity contribution in [3.8, 4) is 0 Å². The van der Waals surface area contributed by atoms with Gasteiger partial charge in [0.25, 0.3) is 0 Å². The maximum atomic E-state index is 12.0. The summed E-state index contributed by atoms with van der Waals surface area (Å²) in [6.45, 7) is 3.18. The van der Waals surface area contributed by atoms with Gasteiger partial charge in [0.15, 0.2) is 5.78 Å². The van der Waals surface area contributed by atoms with Crippen LogP contribution in [0.15, 0.2) is 24.3 Å². The summed E-state index contributed by atoms with van der Waals surface area (Å²) < 4.78 is 0. The first-order valence-electron chi connectivity index (χ1n) is 7.27. The van der Waals surface area contributed by atoms with Crippen LogP contribution in [0.4, 0.5) is 5.69 Å². The van der Waals surface area contributed by atoms with Gasteiger partial charge in [0.05, 0.1) is 0 Å². The second-order valence-corrected chi connectivity index (χ2v) is 5.15.